The van der Waals surface area contributed by atoms with Crippen molar-refractivity contribution in [1.82, 2.24) is 4.72 Å². The summed E-state index contributed by atoms with van der Waals surface area (Å²) in [5.74, 6) is -1.74. The summed E-state index contributed by atoms with van der Waals surface area (Å²) in [4.78, 5) is 12.9. The molecule has 1 fully saturated rings. The molecule has 9 heteroatoms. The van der Waals surface area contributed by atoms with Gasteiger partial charge in [-0.15, -0.1) is 0 Å². The zero-order valence-corrected chi connectivity index (χ0v) is 22.2. The van der Waals surface area contributed by atoms with Crippen LogP contribution in [-0.4, -0.2) is 33.3 Å². The number of sulfonamides is 1. The van der Waals surface area contributed by atoms with Crippen LogP contribution in [0.1, 0.15) is 37.3 Å². The van der Waals surface area contributed by atoms with Crippen LogP contribution in [0.25, 0.3) is 11.1 Å². The molecule has 4 rings (SSSR count). The zero-order valence-electron chi connectivity index (χ0n) is 21.4. The summed E-state index contributed by atoms with van der Waals surface area (Å²) in [6.45, 7) is 1.66. The number of esters is 1. The van der Waals surface area contributed by atoms with Gasteiger partial charge in [0.1, 0.15) is 12.4 Å². The predicted molar refractivity (Wildman–Crippen MR) is 141 cm³/mol. The molecule has 0 aliphatic heterocycles. The van der Waals surface area contributed by atoms with Crippen molar-refractivity contribution < 1.29 is 31.5 Å². The lowest BCUT2D eigenvalue weighted by Crippen LogP contribution is -2.38. The van der Waals surface area contributed by atoms with Crippen LogP contribution in [0.4, 0.5) is 8.78 Å². The van der Waals surface area contributed by atoms with Gasteiger partial charge in [-0.3, -0.25) is 4.79 Å². The average Bonchev–Trinajstić information content (AvgIpc) is 3.31. The first-order chi connectivity index (χ1) is 18.2. The monoisotopic (exact) mass is 543 g/mol. The normalized spacial score (nSPS) is 19.3. The van der Waals surface area contributed by atoms with Crippen molar-refractivity contribution in [2.45, 2.75) is 45.3 Å². The molecule has 3 aromatic rings. The summed E-state index contributed by atoms with van der Waals surface area (Å²) < 4.78 is 67.7. The van der Waals surface area contributed by atoms with E-state index in [4.69, 9.17) is 9.47 Å². The molecule has 0 heterocycles. The molecule has 2 atom stereocenters. The van der Waals surface area contributed by atoms with Gasteiger partial charge in [-0.05, 0) is 61.9 Å². The highest BCUT2D eigenvalue weighted by molar-refractivity contribution is 7.89. The third-order valence-electron chi connectivity index (χ3n) is 7.01. The molecular weight excluding hydrogens is 512 g/mol. The van der Waals surface area contributed by atoms with Crippen LogP contribution < -0.4 is 9.46 Å². The maximum absolute atomic E-state index is 15.1. The molecule has 0 radical (unpaired) electrons. The molecule has 38 heavy (non-hydrogen) atoms. The fourth-order valence-corrected chi connectivity index (χ4v) is 5.95. The Morgan fingerprint density at radius 3 is 2.47 bits per heavy atom. The van der Waals surface area contributed by atoms with E-state index in [-0.39, 0.29) is 42.1 Å². The number of ether oxygens (including phenoxy) is 2. The number of carbonyl (C=O) groups is 1. The summed E-state index contributed by atoms with van der Waals surface area (Å²) in [5, 5.41) is 0. The van der Waals surface area contributed by atoms with Gasteiger partial charge in [-0.25, -0.2) is 21.9 Å². The third kappa shape index (κ3) is 6.22. The largest absolute Gasteiger partial charge is 0.485 e. The SMILES string of the molecule is CCS(=O)(=O)N[C@H]1CC[C@](Cc2ccc(F)c(-c3cccc(F)c3OCc3ccccc3)c2)(C(=O)OC)C1. The molecule has 3 aromatic carbocycles. The minimum absolute atomic E-state index is 0.0572. The van der Waals surface area contributed by atoms with Gasteiger partial charge in [-0.1, -0.05) is 48.5 Å². The highest BCUT2D eigenvalue weighted by atomic mass is 32.2. The highest BCUT2D eigenvalue weighted by Crippen LogP contribution is 2.43. The molecule has 202 valence electrons. The van der Waals surface area contributed by atoms with Gasteiger partial charge < -0.3 is 9.47 Å². The summed E-state index contributed by atoms with van der Waals surface area (Å²) >= 11 is 0. The molecule has 0 spiro atoms. The Morgan fingerprint density at radius 2 is 1.76 bits per heavy atom. The Morgan fingerprint density at radius 1 is 1.00 bits per heavy atom. The number of para-hydroxylation sites is 1. The summed E-state index contributed by atoms with van der Waals surface area (Å²) in [6.07, 6.45) is 1.36. The van der Waals surface area contributed by atoms with Gasteiger partial charge in [0, 0.05) is 17.2 Å². The van der Waals surface area contributed by atoms with Crippen LogP contribution in [0.15, 0.2) is 66.7 Å². The maximum atomic E-state index is 15.1. The molecule has 1 N–H and O–H groups in total. The fraction of sp³-hybridized carbons (Fsp3) is 0.345. The highest BCUT2D eigenvalue weighted by Gasteiger charge is 2.47. The molecule has 0 unspecified atom stereocenters. The van der Waals surface area contributed by atoms with Crippen molar-refractivity contribution >= 4 is 16.0 Å². The van der Waals surface area contributed by atoms with Crippen LogP contribution >= 0.6 is 0 Å². The number of benzene rings is 3. The zero-order chi connectivity index (χ0) is 27.3. The van der Waals surface area contributed by atoms with Gasteiger partial charge in [0.2, 0.25) is 10.0 Å². The molecule has 6 nitrogen and oxygen atoms in total. The van der Waals surface area contributed by atoms with Gasteiger partial charge in [-0.2, -0.15) is 0 Å². The summed E-state index contributed by atoms with van der Waals surface area (Å²) in [7, 11) is -2.14. The number of halogens is 2. The molecule has 1 saturated carbocycles. The van der Waals surface area contributed by atoms with Crippen LogP contribution in [0.2, 0.25) is 0 Å². The summed E-state index contributed by atoms with van der Waals surface area (Å²) in [5.41, 5.74) is 0.910. The molecule has 0 aromatic heterocycles. The second-order valence-corrected chi connectivity index (χ2v) is 11.7. The topological polar surface area (TPSA) is 81.7 Å². The van der Waals surface area contributed by atoms with Crippen LogP contribution in [0.3, 0.4) is 0 Å². The Kier molecular flexibility index (Phi) is 8.47. The Hall–Kier alpha value is -3.30. The molecule has 1 aliphatic carbocycles. The van der Waals surface area contributed by atoms with Crippen LogP contribution in [-0.2, 0) is 32.6 Å². The lowest BCUT2D eigenvalue weighted by atomic mass is 9.79. The van der Waals surface area contributed by atoms with E-state index in [2.05, 4.69) is 4.72 Å². The number of nitrogens with one attached hydrogen (secondary N) is 1. The van der Waals surface area contributed by atoms with E-state index in [9.17, 15) is 17.6 Å². The number of hydrogen-bond acceptors (Lipinski definition) is 5. The standard InChI is InChI=1S/C29H31F2NO5S/c1-3-38(34,35)32-22-14-15-29(18-22,28(33)36-2)17-21-12-13-25(30)24(16-21)23-10-7-11-26(31)27(23)37-19-20-8-5-4-6-9-20/h4-13,16,22,32H,3,14-15,17-19H2,1-2H3/t22-,29+/m0/s1. The third-order valence-corrected chi connectivity index (χ3v) is 8.46. The smallest absolute Gasteiger partial charge is 0.312 e. The first-order valence-electron chi connectivity index (χ1n) is 12.5. The van der Waals surface area contributed by atoms with Crippen molar-refractivity contribution in [3.63, 3.8) is 0 Å². The van der Waals surface area contributed by atoms with E-state index in [0.717, 1.165) is 5.56 Å². The first kappa shape index (κ1) is 27.7. The molecule has 0 amide bonds. The second kappa shape index (κ2) is 11.6. The van der Waals surface area contributed by atoms with E-state index >= 15 is 4.39 Å². The van der Waals surface area contributed by atoms with Gasteiger partial charge in [0.05, 0.1) is 18.3 Å². The minimum atomic E-state index is -3.44. The second-order valence-electron chi connectivity index (χ2n) is 9.61. The Balaban J connectivity index is 1.64. The Bertz CT molecular complexity index is 1400. The molecule has 1 aliphatic rings. The quantitative estimate of drug-likeness (QED) is 0.346. The predicted octanol–water partition coefficient (Wildman–Crippen LogP) is 5.40. The summed E-state index contributed by atoms with van der Waals surface area (Å²) in [6, 6.07) is 17.7. The minimum Gasteiger partial charge on any atom is -0.485 e. The van der Waals surface area contributed by atoms with Crippen molar-refractivity contribution in [3.05, 3.63) is 89.5 Å². The number of hydrogen-bond donors (Lipinski definition) is 1. The van der Waals surface area contributed by atoms with E-state index < -0.39 is 39.1 Å². The van der Waals surface area contributed by atoms with E-state index in [1.807, 2.05) is 30.3 Å². The van der Waals surface area contributed by atoms with Crippen molar-refractivity contribution in [1.29, 1.82) is 0 Å². The number of rotatable bonds is 10. The van der Waals surface area contributed by atoms with Gasteiger partial charge in [0.15, 0.2) is 11.6 Å². The van der Waals surface area contributed by atoms with Crippen molar-refractivity contribution in [3.8, 4) is 16.9 Å². The first-order valence-corrected chi connectivity index (χ1v) is 14.1. The van der Waals surface area contributed by atoms with Crippen molar-refractivity contribution in [2.75, 3.05) is 12.9 Å². The molecule has 0 saturated heterocycles. The van der Waals surface area contributed by atoms with Gasteiger partial charge in [0.25, 0.3) is 0 Å². The van der Waals surface area contributed by atoms with Crippen LogP contribution in [0.5, 0.6) is 5.75 Å². The number of methoxy groups -OCH3 is 1. The van der Waals surface area contributed by atoms with E-state index in [1.54, 1.807) is 25.1 Å². The van der Waals surface area contributed by atoms with E-state index in [1.165, 1.54) is 25.3 Å². The lowest BCUT2D eigenvalue weighted by Gasteiger charge is -2.27. The average molecular weight is 544 g/mol. The van der Waals surface area contributed by atoms with E-state index in [0.29, 0.717) is 18.4 Å². The van der Waals surface area contributed by atoms with Crippen molar-refractivity contribution in [2.24, 2.45) is 5.41 Å². The Labute approximate surface area is 222 Å². The van der Waals surface area contributed by atoms with Crippen LogP contribution in [0, 0.1) is 17.0 Å². The fourth-order valence-electron chi connectivity index (χ4n) is 5.08. The lowest BCUT2D eigenvalue weighted by molar-refractivity contribution is -0.152. The molecule has 0 bridgehead atoms. The molecular formula is C29H31F2NO5S. The van der Waals surface area contributed by atoms with Gasteiger partial charge >= 0.3 is 5.97 Å². The maximum Gasteiger partial charge on any atom is 0.312 e. The number of carbonyl (C=O) groups excluding carboxylic acids is 1.